The number of carbonyl (C=O) groups excluding carboxylic acids is 2. The van der Waals surface area contributed by atoms with Crippen molar-refractivity contribution in [2.24, 2.45) is 0 Å². The molecule has 0 spiro atoms. The van der Waals surface area contributed by atoms with Gasteiger partial charge in [0.15, 0.2) is 0 Å². The standard InChI is InChI=1S/C20H22N3O7P/c1-11-9-22(20(27)21-17(11)24)16-8-14(15(29-16)10-28-31(2)3)30-23-18(25)12-6-4-5-7-13(12)19(23)26/h4-7,9,14-16H,8,10H2,1-3H3,(H,21,24,27)/t14-,15-,16-/m1/s1. The average Bonchev–Trinajstić information content (AvgIpc) is 3.24. The van der Waals surface area contributed by atoms with Gasteiger partial charge in [0.2, 0.25) is 0 Å². The van der Waals surface area contributed by atoms with Gasteiger partial charge < -0.3 is 9.26 Å². The smallest absolute Gasteiger partial charge is 0.330 e. The van der Waals surface area contributed by atoms with E-state index >= 15 is 0 Å². The number of aromatic amines is 1. The van der Waals surface area contributed by atoms with Gasteiger partial charge in [-0.25, -0.2) is 4.79 Å². The molecule has 10 nitrogen and oxygen atoms in total. The minimum absolute atomic E-state index is 0.167. The van der Waals surface area contributed by atoms with Gasteiger partial charge >= 0.3 is 5.69 Å². The summed E-state index contributed by atoms with van der Waals surface area (Å²) in [5, 5.41) is 0.746. The molecule has 2 aliphatic rings. The van der Waals surface area contributed by atoms with Gasteiger partial charge in [0.25, 0.3) is 17.4 Å². The summed E-state index contributed by atoms with van der Waals surface area (Å²) < 4.78 is 13.0. The van der Waals surface area contributed by atoms with E-state index in [4.69, 9.17) is 14.1 Å². The number of rotatable bonds is 6. The molecule has 0 aliphatic carbocycles. The summed E-state index contributed by atoms with van der Waals surface area (Å²) in [7, 11) is -0.690. The summed E-state index contributed by atoms with van der Waals surface area (Å²) in [5.74, 6) is -1.09. The van der Waals surface area contributed by atoms with Crippen LogP contribution in [0, 0.1) is 6.92 Å². The number of fused-ring (bicyclic) bond motifs is 1. The van der Waals surface area contributed by atoms with Crippen LogP contribution in [0.15, 0.2) is 40.1 Å². The Labute approximate surface area is 178 Å². The highest BCUT2D eigenvalue weighted by Gasteiger charge is 2.44. The SMILES string of the molecule is Cc1cn([C@H]2C[C@@H](ON3C(=O)c4ccccc4C3=O)[C@@H](COP(C)C)O2)c(=O)[nH]c1=O. The Morgan fingerprint density at radius 1 is 1.13 bits per heavy atom. The van der Waals surface area contributed by atoms with Crippen LogP contribution < -0.4 is 11.2 Å². The first-order valence-electron chi connectivity index (χ1n) is 9.68. The highest BCUT2D eigenvalue weighted by Crippen LogP contribution is 2.35. The van der Waals surface area contributed by atoms with Crippen molar-refractivity contribution in [3.05, 3.63) is 68.0 Å². The van der Waals surface area contributed by atoms with Crippen LogP contribution in [0.2, 0.25) is 0 Å². The second-order valence-corrected chi connectivity index (χ2v) is 9.43. The van der Waals surface area contributed by atoms with Gasteiger partial charge in [0.05, 0.1) is 17.7 Å². The highest BCUT2D eigenvalue weighted by atomic mass is 31.1. The second-order valence-electron chi connectivity index (χ2n) is 7.55. The first-order valence-corrected chi connectivity index (χ1v) is 11.8. The van der Waals surface area contributed by atoms with Crippen LogP contribution in [-0.2, 0) is 14.1 Å². The Morgan fingerprint density at radius 2 is 1.77 bits per heavy atom. The number of benzene rings is 1. The molecule has 0 saturated carbocycles. The third-order valence-corrected chi connectivity index (χ3v) is 5.80. The van der Waals surface area contributed by atoms with Crippen LogP contribution in [0.25, 0.3) is 0 Å². The molecule has 31 heavy (non-hydrogen) atoms. The fourth-order valence-corrected chi connectivity index (χ4v) is 4.00. The number of hydrogen-bond acceptors (Lipinski definition) is 7. The zero-order valence-corrected chi connectivity index (χ0v) is 18.1. The number of amides is 2. The molecule has 1 saturated heterocycles. The fraction of sp³-hybridized carbons (Fsp3) is 0.400. The van der Waals surface area contributed by atoms with E-state index in [9.17, 15) is 19.2 Å². The Bertz CT molecular complexity index is 1110. The molecule has 0 bridgehead atoms. The maximum atomic E-state index is 12.7. The summed E-state index contributed by atoms with van der Waals surface area (Å²) in [6.45, 7) is 5.60. The maximum absolute atomic E-state index is 12.7. The van der Waals surface area contributed by atoms with Crippen molar-refractivity contribution in [3.8, 4) is 0 Å². The Balaban J connectivity index is 1.59. The number of carbonyl (C=O) groups is 2. The monoisotopic (exact) mass is 447 g/mol. The zero-order chi connectivity index (χ0) is 22.3. The van der Waals surface area contributed by atoms with Gasteiger partial charge in [-0.3, -0.25) is 28.8 Å². The topological polar surface area (TPSA) is 120 Å². The summed E-state index contributed by atoms with van der Waals surface area (Å²) in [6, 6.07) is 6.48. The normalized spacial score (nSPS) is 23.1. The molecular formula is C20H22N3O7P. The van der Waals surface area contributed by atoms with Gasteiger partial charge in [-0.1, -0.05) is 12.1 Å². The number of nitrogens with one attached hydrogen (secondary N) is 1. The summed E-state index contributed by atoms with van der Waals surface area (Å²) in [4.78, 5) is 57.4. The van der Waals surface area contributed by atoms with Gasteiger partial charge in [0.1, 0.15) is 18.4 Å². The lowest BCUT2D eigenvalue weighted by Gasteiger charge is -2.23. The Hall–Kier alpha value is -2.65. The van der Waals surface area contributed by atoms with Crippen LogP contribution in [-0.4, -0.2) is 58.6 Å². The molecule has 1 N–H and O–H groups in total. The fourth-order valence-electron chi connectivity index (χ4n) is 3.55. The van der Waals surface area contributed by atoms with Crippen LogP contribution >= 0.6 is 8.15 Å². The highest BCUT2D eigenvalue weighted by molar-refractivity contribution is 7.50. The quantitative estimate of drug-likeness (QED) is 0.525. The number of aromatic nitrogens is 2. The second kappa shape index (κ2) is 8.47. The lowest BCUT2D eigenvalue weighted by molar-refractivity contribution is -0.153. The van der Waals surface area contributed by atoms with Crippen LogP contribution in [0.5, 0.6) is 0 Å². The predicted octanol–water partition coefficient (Wildman–Crippen LogP) is 1.40. The van der Waals surface area contributed by atoms with Gasteiger partial charge in [-0.05, 0) is 32.4 Å². The van der Waals surface area contributed by atoms with E-state index in [-0.39, 0.29) is 24.2 Å². The molecule has 3 heterocycles. The van der Waals surface area contributed by atoms with Crippen molar-refractivity contribution in [3.63, 3.8) is 0 Å². The lowest BCUT2D eigenvalue weighted by atomic mass is 10.1. The van der Waals surface area contributed by atoms with Crippen molar-refractivity contribution in [1.29, 1.82) is 0 Å². The van der Waals surface area contributed by atoms with E-state index in [1.54, 1.807) is 31.2 Å². The van der Waals surface area contributed by atoms with E-state index in [1.807, 2.05) is 13.3 Å². The van der Waals surface area contributed by atoms with E-state index in [0.717, 1.165) is 5.06 Å². The number of nitrogens with zero attached hydrogens (tertiary/aromatic N) is 2. The number of imide groups is 1. The van der Waals surface area contributed by atoms with Crippen molar-refractivity contribution in [2.45, 2.75) is 31.8 Å². The summed E-state index contributed by atoms with van der Waals surface area (Å²) in [6.07, 6.45) is -0.504. The minimum Gasteiger partial charge on any atom is -0.357 e. The molecule has 164 valence electrons. The molecule has 4 rings (SSSR count). The molecule has 0 radical (unpaired) electrons. The first kappa shape index (κ1) is 21.6. The van der Waals surface area contributed by atoms with Crippen LogP contribution in [0.3, 0.4) is 0 Å². The van der Waals surface area contributed by atoms with Crippen molar-refractivity contribution >= 4 is 20.0 Å². The maximum Gasteiger partial charge on any atom is 0.330 e. The molecule has 1 aromatic heterocycles. The van der Waals surface area contributed by atoms with E-state index < -0.39 is 49.6 Å². The van der Waals surface area contributed by atoms with Crippen molar-refractivity contribution < 1.29 is 23.7 Å². The molecule has 0 unspecified atom stereocenters. The molecule has 3 atom stereocenters. The lowest BCUT2D eigenvalue weighted by Crippen LogP contribution is -2.39. The molecule has 2 aliphatic heterocycles. The third-order valence-electron chi connectivity index (χ3n) is 5.13. The van der Waals surface area contributed by atoms with Crippen molar-refractivity contribution in [2.75, 3.05) is 19.9 Å². The van der Waals surface area contributed by atoms with E-state index in [2.05, 4.69) is 4.98 Å². The molecule has 1 fully saturated rings. The third kappa shape index (κ3) is 4.12. The number of hydroxylamine groups is 2. The van der Waals surface area contributed by atoms with E-state index in [0.29, 0.717) is 5.56 Å². The predicted molar refractivity (Wildman–Crippen MR) is 111 cm³/mol. The van der Waals surface area contributed by atoms with E-state index in [1.165, 1.54) is 10.8 Å². The van der Waals surface area contributed by atoms with Gasteiger partial charge in [-0.2, -0.15) is 0 Å². The largest absolute Gasteiger partial charge is 0.357 e. The first-order chi connectivity index (χ1) is 14.8. The average molecular weight is 447 g/mol. The Morgan fingerprint density at radius 3 is 2.39 bits per heavy atom. The van der Waals surface area contributed by atoms with Crippen LogP contribution in [0.4, 0.5) is 0 Å². The molecular weight excluding hydrogens is 425 g/mol. The molecule has 2 amide bonds. The number of H-pyrrole nitrogens is 1. The summed E-state index contributed by atoms with van der Waals surface area (Å²) in [5.41, 5.74) is -0.190. The molecule has 11 heteroatoms. The van der Waals surface area contributed by atoms with Crippen LogP contribution in [0.1, 0.15) is 38.9 Å². The zero-order valence-electron chi connectivity index (χ0n) is 17.2. The summed E-state index contributed by atoms with van der Waals surface area (Å²) >= 11 is 0. The Kier molecular flexibility index (Phi) is 5.90. The van der Waals surface area contributed by atoms with Gasteiger partial charge in [-0.15, -0.1) is 5.06 Å². The van der Waals surface area contributed by atoms with Gasteiger partial charge in [0, 0.05) is 26.3 Å². The number of hydrogen-bond donors (Lipinski definition) is 1. The molecule has 1 aromatic carbocycles. The molecule has 2 aromatic rings. The number of aryl methyl sites for hydroxylation is 1. The number of ether oxygens (including phenoxy) is 1. The van der Waals surface area contributed by atoms with Crippen molar-refractivity contribution in [1.82, 2.24) is 14.6 Å². The minimum atomic E-state index is -0.753.